The van der Waals surface area contributed by atoms with E-state index in [4.69, 9.17) is 11.6 Å². The van der Waals surface area contributed by atoms with Crippen LogP contribution in [0.3, 0.4) is 0 Å². The number of amides is 1. The average Bonchev–Trinajstić information content (AvgIpc) is 2.61. The molecule has 1 amide bonds. The maximum Gasteiger partial charge on any atom is 0.256 e. The molecule has 26 heavy (non-hydrogen) atoms. The van der Waals surface area contributed by atoms with Gasteiger partial charge in [0.25, 0.3) is 5.91 Å². The van der Waals surface area contributed by atoms with Crippen molar-refractivity contribution in [3.05, 3.63) is 69.5 Å². The summed E-state index contributed by atoms with van der Waals surface area (Å²) in [6.45, 7) is 4.84. The van der Waals surface area contributed by atoms with Gasteiger partial charge < -0.3 is 4.90 Å². The lowest BCUT2D eigenvalue weighted by atomic mass is 9.87. The summed E-state index contributed by atoms with van der Waals surface area (Å²) in [6.07, 6.45) is 1.18. The fraction of sp³-hybridized carbons (Fsp3) is 0.333. The van der Waals surface area contributed by atoms with E-state index in [-0.39, 0.29) is 28.2 Å². The molecule has 0 bridgehead atoms. The van der Waals surface area contributed by atoms with Gasteiger partial charge in [-0.25, -0.2) is 4.39 Å². The summed E-state index contributed by atoms with van der Waals surface area (Å²) in [6, 6.07) is 9.90. The Morgan fingerprint density at radius 3 is 2.31 bits per heavy atom. The molecule has 136 valence electrons. The van der Waals surface area contributed by atoms with Crippen LogP contribution in [0, 0.1) is 25.6 Å². The molecular formula is C21H21ClFNO2. The molecule has 0 aromatic heterocycles. The first-order chi connectivity index (χ1) is 12.4. The van der Waals surface area contributed by atoms with E-state index in [2.05, 4.69) is 0 Å². The number of hydrogen-bond donors (Lipinski definition) is 0. The Hall–Kier alpha value is -2.20. The molecule has 1 aliphatic heterocycles. The van der Waals surface area contributed by atoms with Crippen LogP contribution in [0.25, 0.3) is 0 Å². The van der Waals surface area contributed by atoms with E-state index in [0.717, 1.165) is 22.8 Å². The number of carbonyl (C=O) groups is 2. The predicted molar refractivity (Wildman–Crippen MR) is 100 cm³/mol. The summed E-state index contributed by atoms with van der Waals surface area (Å²) in [5.41, 5.74) is 2.89. The number of aryl methyl sites for hydroxylation is 2. The highest BCUT2D eigenvalue weighted by Crippen LogP contribution is 2.25. The zero-order valence-corrected chi connectivity index (χ0v) is 15.6. The van der Waals surface area contributed by atoms with Crippen LogP contribution in [-0.4, -0.2) is 29.7 Å². The van der Waals surface area contributed by atoms with Crippen molar-refractivity contribution < 1.29 is 14.0 Å². The second-order valence-electron chi connectivity index (χ2n) is 6.87. The molecule has 5 heteroatoms. The van der Waals surface area contributed by atoms with Crippen molar-refractivity contribution in [1.29, 1.82) is 0 Å². The number of benzene rings is 2. The van der Waals surface area contributed by atoms with Crippen LogP contribution in [0.5, 0.6) is 0 Å². The van der Waals surface area contributed by atoms with Crippen LogP contribution in [-0.2, 0) is 0 Å². The zero-order valence-electron chi connectivity index (χ0n) is 14.9. The monoisotopic (exact) mass is 373 g/mol. The molecule has 1 saturated heterocycles. The van der Waals surface area contributed by atoms with Crippen molar-refractivity contribution in [3.63, 3.8) is 0 Å². The lowest BCUT2D eigenvalue weighted by Gasteiger charge is -2.31. The number of piperidine rings is 1. The fourth-order valence-electron chi connectivity index (χ4n) is 3.49. The summed E-state index contributed by atoms with van der Waals surface area (Å²) in [7, 11) is 0. The van der Waals surface area contributed by atoms with Crippen molar-refractivity contribution in [3.8, 4) is 0 Å². The highest BCUT2D eigenvalue weighted by molar-refractivity contribution is 6.30. The molecule has 0 spiro atoms. The molecule has 2 aromatic rings. The standard InChI is InChI=1S/C21H21ClFNO2/c1-13-3-5-17(14(2)11-13)20(25)15-7-9-24(10-8-15)21(26)18-6-4-16(22)12-19(18)23/h3-6,11-12,15H,7-10H2,1-2H3. The molecule has 1 aliphatic rings. The number of nitrogens with zero attached hydrogens (tertiary/aromatic N) is 1. The van der Waals surface area contributed by atoms with Gasteiger partial charge in [-0.05, 0) is 50.5 Å². The van der Waals surface area contributed by atoms with Crippen molar-refractivity contribution in [2.45, 2.75) is 26.7 Å². The van der Waals surface area contributed by atoms with Gasteiger partial charge in [0.2, 0.25) is 0 Å². The van der Waals surface area contributed by atoms with Gasteiger partial charge in [-0.2, -0.15) is 0 Å². The van der Waals surface area contributed by atoms with E-state index in [1.165, 1.54) is 12.1 Å². The summed E-state index contributed by atoms with van der Waals surface area (Å²) < 4.78 is 14.0. The SMILES string of the molecule is Cc1ccc(C(=O)C2CCN(C(=O)c3ccc(Cl)cc3F)CC2)c(C)c1. The summed E-state index contributed by atoms with van der Waals surface area (Å²) in [5, 5.41) is 0.261. The van der Waals surface area contributed by atoms with Crippen LogP contribution in [0.1, 0.15) is 44.7 Å². The first kappa shape index (κ1) is 18.6. The minimum atomic E-state index is -0.615. The normalized spacial score (nSPS) is 15.2. The quantitative estimate of drug-likeness (QED) is 0.722. The Kier molecular flexibility index (Phi) is 5.42. The van der Waals surface area contributed by atoms with E-state index < -0.39 is 5.82 Å². The second-order valence-corrected chi connectivity index (χ2v) is 7.31. The van der Waals surface area contributed by atoms with Crippen molar-refractivity contribution in [2.24, 2.45) is 5.92 Å². The zero-order chi connectivity index (χ0) is 18.8. The Morgan fingerprint density at radius 2 is 1.69 bits per heavy atom. The summed E-state index contributed by atoms with van der Waals surface area (Å²) in [4.78, 5) is 26.9. The number of halogens is 2. The van der Waals surface area contributed by atoms with Crippen LogP contribution in [0.4, 0.5) is 4.39 Å². The third-order valence-electron chi connectivity index (χ3n) is 4.96. The van der Waals surface area contributed by atoms with Crippen LogP contribution >= 0.6 is 11.6 Å². The first-order valence-electron chi connectivity index (χ1n) is 8.72. The number of ketones is 1. The minimum absolute atomic E-state index is 0.0218. The van der Waals surface area contributed by atoms with E-state index in [9.17, 15) is 14.0 Å². The van der Waals surface area contributed by atoms with Crippen molar-refractivity contribution in [2.75, 3.05) is 13.1 Å². The highest BCUT2D eigenvalue weighted by Gasteiger charge is 2.29. The molecular weight excluding hydrogens is 353 g/mol. The first-order valence-corrected chi connectivity index (χ1v) is 9.10. The molecule has 2 aromatic carbocycles. The van der Waals surface area contributed by atoms with Crippen LogP contribution in [0.15, 0.2) is 36.4 Å². The largest absolute Gasteiger partial charge is 0.339 e. The summed E-state index contributed by atoms with van der Waals surface area (Å²) >= 11 is 5.74. The lowest BCUT2D eigenvalue weighted by Crippen LogP contribution is -2.40. The number of hydrogen-bond acceptors (Lipinski definition) is 2. The number of carbonyl (C=O) groups excluding carboxylic acids is 2. The maximum atomic E-state index is 14.0. The van der Waals surface area contributed by atoms with Gasteiger partial charge in [0, 0.05) is 29.6 Å². The van der Waals surface area contributed by atoms with Gasteiger partial charge >= 0.3 is 0 Å². The van der Waals surface area contributed by atoms with Crippen molar-refractivity contribution >= 4 is 23.3 Å². The minimum Gasteiger partial charge on any atom is -0.339 e. The average molecular weight is 374 g/mol. The summed E-state index contributed by atoms with van der Waals surface area (Å²) in [5.74, 6) is -0.935. The van der Waals surface area contributed by atoms with Gasteiger partial charge in [-0.3, -0.25) is 9.59 Å². The van der Waals surface area contributed by atoms with Crippen LogP contribution < -0.4 is 0 Å². The maximum absolute atomic E-state index is 14.0. The predicted octanol–water partition coefficient (Wildman–Crippen LogP) is 4.83. The molecule has 0 N–H and O–H groups in total. The van der Waals surface area contributed by atoms with Gasteiger partial charge in [0.15, 0.2) is 5.78 Å². The lowest BCUT2D eigenvalue weighted by molar-refractivity contribution is 0.0646. The number of Topliss-reactive ketones (excluding diaryl/α,β-unsaturated/α-hetero) is 1. The second kappa shape index (κ2) is 7.58. The van der Waals surface area contributed by atoms with E-state index >= 15 is 0 Å². The molecule has 3 nitrogen and oxygen atoms in total. The smallest absolute Gasteiger partial charge is 0.256 e. The molecule has 1 heterocycles. The molecule has 0 atom stereocenters. The van der Waals surface area contributed by atoms with Gasteiger partial charge in [-0.15, -0.1) is 0 Å². The molecule has 0 aliphatic carbocycles. The Balaban J connectivity index is 1.67. The molecule has 1 fully saturated rings. The van der Waals surface area contributed by atoms with E-state index in [1.54, 1.807) is 4.90 Å². The van der Waals surface area contributed by atoms with Gasteiger partial charge in [0.05, 0.1) is 5.56 Å². The van der Waals surface area contributed by atoms with E-state index in [0.29, 0.717) is 25.9 Å². The van der Waals surface area contributed by atoms with Crippen molar-refractivity contribution in [1.82, 2.24) is 4.90 Å². The van der Waals surface area contributed by atoms with Gasteiger partial charge in [0.1, 0.15) is 5.82 Å². The number of likely N-dealkylation sites (tertiary alicyclic amines) is 1. The Morgan fingerprint density at radius 1 is 1.04 bits per heavy atom. The van der Waals surface area contributed by atoms with Gasteiger partial charge in [-0.1, -0.05) is 35.4 Å². The molecule has 0 saturated carbocycles. The molecule has 0 radical (unpaired) electrons. The van der Waals surface area contributed by atoms with E-state index in [1.807, 2.05) is 32.0 Å². The highest BCUT2D eigenvalue weighted by atomic mass is 35.5. The Bertz CT molecular complexity index is 786. The third kappa shape index (κ3) is 3.80. The molecule has 0 unspecified atom stereocenters. The topological polar surface area (TPSA) is 37.4 Å². The molecule has 3 rings (SSSR count). The Labute approximate surface area is 157 Å². The number of rotatable bonds is 3. The fourth-order valence-corrected chi connectivity index (χ4v) is 3.65. The third-order valence-corrected chi connectivity index (χ3v) is 5.20. The van der Waals surface area contributed by atoms with Crippen LogP contribution in [0.2, 0.25) is 5.02 Å².